The first-order valence-electron chi connectivity index (χ1n) is 19.4. The van der Waals surface area contributed by atoms with Crippen LogP contribution in [0.25, 0.3) is 39.2 Å². The molecule has 1 nitrogen and oxygen atoms in total. The molecule has 5 aromatic rings. The summed E-state index contributed by atoms with van der Waals surface area (Å²) in [5.41, 5.74) is 17.9. The Balaban J connectivity index is 1.07. The number of rotatable bonds is 6. The molecule has 0 N–H and O–H groups in total. The van der Waals surface area contributed by atoms with Gasteiger partial charge < -0.3 is 4.74 Å². The molecule has 1 heteroatoms. The Morgan fingerprint density at radius 2 is 1.15 bits per heavy atom. The molecule has 0 radical (unpaired) electrons. The van der Waals surface area contributed by atoms with E-state index >= 15 is 0 Å². The van der Waals surface area contributed by atoms with Crippen molar-refractivity contribution < 1.29 is 4.74 Å². The Morgan fingerprint density at radius 3 is 1.88 bits per heavy atom. The van der Waals surface area contributed by atoms with E-state index in [9.17, 15) is 0 Å². The standard InChI is InChI=1S/C51H46O/c1-5-18-38(19-6-1)44-33-47(39-20-7-2-8-21-39)45-28-14-26-42(48(45)34-44)31-36-16-13-17-37(30-36)32-43-27-15-29-46-49(40-22-9-3-10-23-40)35-50(52-51(43)46)41-24-11-4-12-25-41/h1-12,18-25,30-35,43,51H,13-17,26-29H2/b37-32-,42-31+. The first kappa shape index (κ1) is 32.5. The summed E-state index contributed by atoms with van der Waals surface area (Å²) < 4.78 is 6.99. The summed E-state index contributed by atoms with van der Waals surface area (Å²) in [6.07, 6.45) is 20.4. The number of hydrogen-bond acceptors (Lipinski definition) is 1. The highest BCUT2D eigenvalue weighted by atomic mass is 16.5. The number of fused-ring (bicyclic) bond motifs is 2. The van der Waals surface area contributed by atoms with Crippen LogP contribution in [0.4, 0.5) is 0 Å². The molecule has 5 aromatic carbocycles. The lowest BCUT2D eigenvalue weighted by atomic mass is 9.76. The lowest BCUT2D eigenvalue weighted by molar-refractivity contribution is 0.131. The van der Waals surface area contributed by atoms with Crippen molar-refractivity contribution in [3.8, 4) is 22.3 Å². The van der Waals surface area contributed by atoms with Crippen molar-refractivity contribution in [3.05, 3.63) is 197 Å². The van der Waals surface area contributed by atoms with Crippen molar-refractivity contribution in [2.45, 2.75) is 63.9 Å². The first-order valence-corrected chi connectivity index (χ1v) is 19.4. The second-order valence-corrected chi connectivity index (χ2v) is 14.9. The lowest BCUT2D eigenvalue weighted by Gasteiger charge is -2.38. The molecule has 0 bridgehead atoms. The molecule has 1 aliphatic heterocycles. The second-order valence-electron chi connectivity index (χ2n) is 14.9. The zero-order valence-corrected chi connectivity index (χ0v) is 29.9. The van der Waals surface area contributed by atoms with Gasteiger partial charge in [-0.05, 0) is 137 Å². The van der Waals surface area contributed by atoms with Crippen LogP contribution in [-0.2, 0) is 11.2 Å². The predicted molar refractivity (Wildman–Crippen MR) is 218 cm³/mol. The SMILES string of the molecule is C1=C(/C=C2\CCCc3c2cc(-c2ccccc2)cc3-c2ccccc2)CCC/C1=C/C1CCCC2=C(c3ccccc3)C=C(c3ccccc3)OC21. The summed E-state index contributed by atoms with van der Waals surface area (Å²) in [6.45, 7) is 0. The smallest absolute Gasteiger partial charge is 0.128 e. The molecule has 0 amide bonds. The van der Waals surface area contributed by atoms with Crippen LogP contribution >= 0.6 is 0 Å². The number of ether oxygens (including phenoxy) is 1. The summed E-state index contributed by atoms with van der Waals surface area (Å²) in [4.78, 5) is 0. The van der Waals surface area contributed by atoms with Gasteiger partial charge in [-0.2, -0.15) is 0 Å². The fourth-order valence-corrected chi connectivity index (χ4v) is 9.00. The molecule has 52 heavy (non-hydrogen) atoms. The molecule has 256 valence electrons. The van der Waals surface area contributed by atoms with E-state index in [-0.39, 0.29) is 6.10 Å². The van der Waals surface area contributed by atoms with Crippen molar-refractivity contribution in [2.75, 3.05) is 0 Å². The minimum absolute atomic E-state index is 0.0619. The van der Waals surface area contributed by atoms with Crippen LogP contribution in [0.1, 0.15) is 73.6 Å². The molecule has 0 spiro atoms. The van der Waals surface area contributed by atoms with Gasteiger partial charge in [0.05, 0.1) is 0 Å². The monoisotopic (exact) mass is 674 g/mol. The minimum Gasteiger partial charge on any atom is -0.485 e. The summed E-state index contributed by atoms with van der Waals surface area (Å²) in [6, 6.07) is 48.4. The maximum atomic E-state index is 6.99. The van der Waals surface area contributed by atoms with E-state index in [1.807, 2.05) is 0 Å². The average Bonchev–Trinajstić information content (AvgIpc) is 3.22. The third kappa shape index (κ3) is 6.69. The molecular weight excluding hydrogens is 629 g/mol. The summed E-state index contributed by atoms with van der Waals surface area (Å²) in [5, 5.41) is 0. The normalized spacial score (nSPS) is 21.5. The second kappa shape index (κ2) is 14.7. The van der Waals surface area contributed by atoms with E-state index in [2.05, 4.69) is 158 Å². The number of benzene rings is 5. The molecular formula is C51H46O. The van der Waals surface area contributed by atoms with Crippen molar-refractivity contribution in [1.29, 1.82) is 0 Å². The van der Waals surface area contributed by atoms with Crippen molar-refractivity contribution in [3.63, 3.8) is 0 Å². The van der Waals surface area contributed by atoms with E-state index in [1.54, 1.807) is 0 Å². The van der Waals surface area contributed by atoms with Crippen LogP contribution in [0, 0.1) is 5.92 Å². The maximum Gasteiger partial charge on any atom is 0.128 e. The van der Waals surface area contributed by atoms with Crippen molar-refractivity contribution in [2.24, 2.45) is 5.92 Å². The highest BCUT2D eigenvalue weighted by molar-refractivity contribution is 5.87. The molecule has 0 saturated heterocycles. The van der Waals surface area contributed by atoms with Gasteiger partial charge in [0.25, 0.3) is 0 Å². The van der Waals surface area contributed by atoms with Crippen LogP contribution in [-0.4, -0.2) is 6.10 Å². The Kier molecular flexibility index (Phi) is 9.18. The van der Waals surface area contributed by atoms with Gasteiger partial charge in [0.2, 0.25) is 0 Å². The number of hydrogen-bond donors (Lipinski definition) is 0. The zero-order chi connectivity index (χ0) is 34.7. The Labute approximate surface area is 309 Å². The molecule has 1 fully saturated rings. The number of allylic oxidation sites excluding steroid dienone is 7. The van der Waals surface area contributed by atoms with Gasteiger partial charge in [0.15, 0.2) is 0 Å². The summed E-state index contributed by atoms with van der Waals surface area (Å²) >= 11 is 0. The van der Waals surface area contributed by atoms with Crippen LogP contribution in [0.2, 0.25) is 0 Å². The highest BCUT2D eigenvalue weighted by Crippen LogP contribution is 2.45. The molecule has 9 rings (SSSR count). The molecule has 1 saturated carbocycles. The zero-order valence-electron chi connectivity index (χ0n) is 29.9. The van der Waals surface area contributed by atoms with E-state index in [0.29, 0.717) is 5.92 Å². The molecule has 0 aromatic heterocycles. The predicted octanol–water partition coefficient (Wildman–Crippen LogP) is 13.5. The molecule has 4 aliphatic rings. The topological polar surface area (TPSA) is 9.23 Å². The quantitative estimate of drug-likeness (QED) is 0.174. The maximum absolute atomic E-state index is 6.99. The van der Waals surface area contributed by atoms with Gasteiger partial charge in [-0.3, -0.25) is 0 Å². The van der Waals surface area contributed by atoms with Crippen molar-refractivity contribution >= 4 is 16.9 Å². The van der Waals surface area contributed by atoms with E-state index < -0.39 is 0 Å². The van der Waals surface area contributed by atoms with Crippen molar-refractivity contribution in [1.82, 2.24) is 0 Å². The Hall–Kier alpha value is -5.40. The summed E-state index contributed by atoms with van der Waals surface area (Å²) in [5.74, 6) is 1.34. The van der Waals surface area contributed by atoms with E-state index in [4.69, 9.17) is 4.74 Å². The van der Waals surface area contributed by atoms with Gasteiger partial charge in [0.1, 0.15) is 11.9 Å². The minimum atomic E-state index is 0.0619. The lowest BCUT2D eigenvalue weighted by Crippen LogP contribution is -2.31. The Morgan fingerprint density at radius 1 is 0.519 bits per heavy atom. The fourth-order valence-electron chi connectivity index (χ4n) is 9.00. The Bertz CT molecular complexity index is 2210. The molecule has 2 atom stereocenters. The third-order valence-electron chi connectivity index (χ3n) is 11.5. The largest absolute Gasteiger partial charge is 0.485 e. The molecule has 3 aliphatic carbocycles. The highest BCUT2D eigenvalue weighted by Gasteiger charge is 2.35. The van der Waals surface area contributed by atoms with Gasteiger partial charge in [-0.25, -0.2) is 0 Å². The van der Waals surface area contributed by atoms with Gasteiger partial charge in [-0.1, -0.05) is 145 Å². The average molecular weight is 675 g/mol. The molecule has 2 unspecified atom stereocenters. The van der Waals surface area contributed by atoms with E-state index in [1.165, 1.54) is 86.1 Å². The van der Waals surface area contributed by atoms with Gasteiger partial charge >= 0.3 is 0 Å². The first-order chi connectivity index (χ1) is 25.8. The van der Waals surface area contributed by atoms with Crippen LogP contribution in [0.3, 0.4) is 0 Å². The van der Waals surface area contributed by atoms with Crippen LogP contribution in [0.15, 0.2) is 174 Å². The van der Waals surface area contributed by atoms with Gasteiger partial charge in [0, 0.05) is 11.5 Å². The van der Waals surface area contributed by atoms with Crippen LogP contribution < -0.4 is 0 Å². The fraction of sp³-hybridized carbons (Fsp3) is 0.216. The summed E-state index contributed by atoms with van der Waals surface area (Å²) in [7, 11) is 0. The third-order valence-corrected chi connectivity index (χ3v) is 11.5. The van der Waals surface area contributed by atoms with Crippen LogP contribution in [0.5, 0.6) is 0 Å². The van der Waals surface area contributed by atoms with E-state index in [0.717, 1.165) is 49.8 Å². The van der Waals surface area contributed by atoms with Gasteiger partial charge in [-0.15, -0.1) is 0 Å². The molecule has 1 heterocycles.